The lowest BCUT2D eigenvalue weighted by molar-refractivity contribution is -0.116. The van der Waals surface area contributed by atoms with Crippen LogP contribution >= 0.6 is 0 Å². The van der Waals surface area contributed by atoms with Gasteiger partial charge in [0.05, 0.1) is 0 Å². The first-order chi connectivity index (χ1) is 9.29. The van der Waals surface area contributed by atoms with Gasteiger partial charge in [-0.25, -0.2) is 0 Å². The number of hydrogen-bond acceptors (Lipinski definition) is 4. The van der Waals surface area contributed by atoms with E-state index in [1.807, 2.05) is 24.3 Å². The average Bonchev–Trinajstić information content (AvgIpc) is 2.94. The van der Waals surface area contributed by atoms with Crippen LogP contribution in [0.1, 0.15) is 32.6 Å². The molecule has 0 bridgehead atoms. The maximum atomic E-state index is 11.7. The van der Waals surface area contributed by atoms with E-state index in [2.05, 4.69) is 32.9 Å². The van der Waals surface area contributed by atoms with Crippen molar-refractivity contribution in [3.05, 3.63) is 24.3 Å². The predicted octanol–water partition coefficient (Wildman–Crippen LogP) is 2.39. The Morgan fingerprint density at radius 2 is 2.05 bits per heavy atom. The van der Waals surface area contributed by atoms with E-state index in [4.69, 9.17) is 0 Å². The third-order valence-electron chi connectivity index (χ3n) is 2.78. The molecule has 0 unspecified atom stereocenters. The van der Waals surface area contributed by atoms with Gasteiger partial charge in [0.15, 0.2) is 0 Å². The molecular weight excluding hydrogens is 242 g/mol. The van der Waals surface area contributed by atoms with Crippen LogP contribution in [0.2, 0.25) is 0 Å². The van der Waals surface area contributed by atoms with E-state index in [0.29, 0.717) is 12.2 Å². The van der Waals surface area contributed by atoms with Crippen molar-refractivity contribution in [3.8, 4) is 11.4 Å². The molecule has 1 amide bonds. The number of rotatable bonds is 6. The van der Waals surface area contributed by atoms with Crippen molar-refractivity contribution in [3.63, 3.8) is 0 Å². The molecule has 2 rings (SSSR count). The Morgan fingerprint density at radius 3 is 2.68 bits per heavy atom. The second-order valence-corrected chi connectivity index (χ2v) is 4.32. The molecule has 1 aromatic heterocycles. The van der Waals surface area contributed by atoms with Gasteiger partial charge in [-0.2, -0.15) is 5.21 Å². The summed E-state index contributed by atoms with van der Waals surface area (Å²) < 4.78 is 0. The van der Waals surface area contributed by atoms with Crippen LogP contribution in [0.15, 0.2) is 24.3 Å². The second-order valence-electron chi connectivity index (χ2n) is 4.32. The molecule has 0 saturated carbocycles. The largest absolute Gasteiger partial charge is 0.326 e. The number of hydrogen-bond donors (Lipinski definition) is 2. The van der Waals surface area contributed by atoms with Gasteiger partial charge in [0.2, 0.25) is 11.7 Å². The fraction of sp³-hybridized carbons (Fsp3) is 0.385. The molecule has 2 aromatic rings. The van der Waals surface area contributed by atoms with E-state index in [-0.39, 0.29) is 5.91 Å². The zero-order chi connectivity index (χ0) is 13.5. The molecule has 0 fully saturated rings. The number of tetrazole rings is 1. The van der Waals surface area contributed by atoms with Gasteiger partial charge in [-0.05, 0) is 35.9 Å². The summed E-state index contributed by atoms with van der Waals surface area (Å²) >= 11 is 0. The van der Waals surface area contributed by atoms with Crippen molar-refractivity contribution in [1.82, 2.24) is 20.6 Å². The summed E-state index contributed by atoms with van der Waals surface area (Å²) in [6.45, 7) is 2.12. The van der Waals surface area contributed by atoms with Crippen LogP contribution in [0, 0.1) is 0 Å². The third-order valence-corrected chi connectivity index (χ3v) is 2.78. The number of unbranched alkanes of at least 4 members (excludes halogenated alkanes) is 2. The fourth-order valence-corrected chi connectivity index (χ4v) is 1.75. The standard InChI is InChI=1S/C13H17N5O/c1-2-3-4-5-12(19)14-11-8-6-10(7-9-11)13-15-17-18-16-13/h6-9H,2-5H2,1H3,(H,14,19)(H,15,16,17,18). The average molecular weight is 259 g/mol. The molecule has 1 aromatic carbocycles. The number of benzene rings is 1. The molecule has 0 aliphatic heterocycles. The minimum Gasteiger partial charge on any atom is -0.326 e. The molecule has 0 atom stereocenters. The van der Waals surface area contributed by atoms with E-state index < -0.39 is 0 Å². The predicted molar refractivity (Wildman–Crippen MR) is 72.4 cm³/mol. The van der Waals surface area contributed by atoms with E-state index in [9.17, 15) is 4.79 Å². The summed E-state index contributed by atoms with van der Waals surface area (Å²) in [7, 11) is 0. The van der Waals surface area contributed by atoms with Gasteiger partial charge in [-0.15, -0.1) is 10.2 Å². The van der Waals surface area contributed by atoms with Crippen LogP contribution in [0.5, 0.6) is 0 Å². The van der Waals surface area contributed by atoms with Gasteiger partial charge in [-0.1, -0.05) is 19.8 Å². The molecule has 6 nitrogen and oxygen atoms in total. The Morgan fingerprint density at radius 1 is 1.26 bits per heavy atom. The van der Waals surface area contributed by atoms with Crippen LogP contribution in [-0.2, 0) is 4.79 Å². The zero-order valence-electron chi connectivity index (χ0n) is 10.9. The quantitative estimate of drug-likeness (QED) is 0.780. The number of amides is 1. The highest BCUT2D eigenvalue weighted by Crippen LogP contribution is 2.17. The zero-order valence-corrected chi connectivity index (χ0v) is 10.9. The van der Waals surface area contributed by atoms with E-state index >= 15 is 0 Å². The van der Waals surface area contributed by atoms with Crippen LogP contribution in [0.25, 0.3) is 11.4 Å². The highest BCUT2D eigenvalue weighted by molar-refractivity contribution is 5.90. The topological polar surface area (TPSA) is 83.6 Å². The van der Waals surface area contributed by atoms with Gasteiger partial charge in [0.25, 0.3) is 0 Å². The lowest BCUT2D eigenvalue weighted by atomic mass is 10.2. The Bertz CT molecular complexity index is 506. The maximum absolute atomic E-state index is 11.7. The molecule has 0 radical (unpaired) electrons. The van der Waals surface area contributed by atoms with E-state index in [1.54, 1.807) is 0 Å². The normalized spacial score (nSPS) is 10.4. The second kappa shape index (κ2) is 6.63. The fourth-order valence-electron chi connectivity index (χ4n) is 1.75. The Kier molecular flexibility index (Phi) is 4.60. The van der Waals surface area contributed by atoms with Gasteiger partial charge >= 0.3 is 0 Å². The van der Waals surface area contributed by atoms with Crippen LogP contribution < -0.4 is 5.32 Å². The summed E-state index contributed by atoms with van der Waals surface area (Å²) in [6, 6.07) is 7.38. The number of aromatic nitrogens is 4. The molecule has 6 heteroatoms. The lowest BCUT2D eigenvalue weighted by Crippen LogP contribution is -2.10. The minimum absolute atomic E-state index is 0.0563. The van der Waals surface area contributed by atoms with Crippen molar-refractivity contribution >= 4 is 11.6 Å². The molecule has 1 heterocycles. The highest BCUT2D eigenvalue weighted by atomic mass is 16.1. The molecule has 0 aliphatic carbocycles. The monoisotopic (exact) mass is 259 g/mol. The first kappa shape index (κ1) is 13.2. The molecular formula is C13H17N5O. The number of nitrogens with one attached hydrogen (secondary N) is 2. The smallest absolute Gasteiger partial charge is 0.224 e. The number of carbonyl (C=O) groups excluding carboxylic acids is 1. The van der Waals surface area contributed by atoms with Crippen LogP contribution in [-0.4, -0.2) is 26.5 Å². The number of anilines is 1. The van der Waals surface area contributed by atoms with Crippen molar-refractivity contribution < 1.29 is 4.79 Å². The number of nitrogens with zero attached hydrogens (tertiary/aromatic N) is 3. The number of aromatic amines is 1. The SMILES string of the molecule is CCCCCC(=O)Nc1ccc(-c2nn[nH]n2)cc1. The maximum Gasteiger partial charge on any atom is 0.224 e. The summed E-state index contributed by atoms with van der Waals surface area (Å²) in [5.74, 6) is 0.599. The summed E-state index contributed by atoms with van der Waals surface area (Å²) in [5, 5.41) is 16.6. The molecule has 0 aliphatic rings. The molecule has 0 spiro atoms. The van der Waals surface area contributed by atoms with Crippen molar-refractivity contribution in [1.29, 1.82) is 0 Å². The molecule has 2 N–H and O–H groups in total. The van der Waals surface area contributed by atoms with Crippen LogP contribution in [0.3, 0.4) is 0 Å². The summed E-state index contributed by atoms with van der Waals surface area (Å²) in [5.41, 5.74) is 1.64. The van der Waals surface area contributed by atoms with Gasteiger partial charge in [0.1, 0.15) is 0 Å². The van der Waals surface area contributed by atoms with Crippen molar-refractivity contribution in [2.45, 2.75) is 32.6 Å². The third kappa shape index (κ3) is 3.87. The lowest BCUT2D eigenvalue weighted by Gasteiger charge is -2.05. The molecule has 19 heavy (non-hydrogen) atoms. The van der Waals surface area contributed by atoms with Gasteiger partial charge < -0.3 is 5.32 Å². The number of carbonyl (C=O) groups is 1. The van der Waals surface area contributed by atoms with Crippen molar-refractivity contribution in [2.75, 3.05) is 5.32 Å². The number of H-pyrrole nitrogens is 1. The first-order valence-electron chi connectivity index (χ1n) is 6.43. The van der Waals surface area contributed by atoms with Crippen molar-refractivity contribution in [2.24, 2.45) is 0 Å². The van der Waals surface area contributed by atoms with E-state index in [0.717, 1.165) is 30.5 Å². The molecule has 0 saturated heterocycles. The molecule has 100 valence electrons. The summed E-state index contributed by atoms with van der Waals surface area (Å²) in [6.07, 6.45) is 3.71. The van der Waals surface area contributed by atoms with Gasteiger partial charge in [0, 0.05) is 17.7 Å². The Balaban J connectivity index is 1.90. The van der Waals surface area contributed by atoms with E-state index in [1.165, 1.54) is 0 Å². The highest BCUT2D eigenvalue weighted by Gasteiger charge is 2.04. The van der Waals surface area contributed by atoms with Crippen LogP contribution in [0.4, 0.5) is 5.69 Å². The summed E-state index contributed by atoms with van der Waals surface area (Å²) in [4.78, 5) is 11.7. The first-order valence-corrected chi connectivity index (χ1v) is 6.43. The Hall–Kier alpha value is -2.24. The minimum atomic E-state index is 0.0563. The Labute approximate surface area is 111 Å². The van der Waals surface area contributed by atoms with Gasteiger partial charge in [-0.3, -0.25) is 4.79 Å².